The minimum Gasteiger partial charge on any atom is -0.454 e. The number of thiocarbonyl (C=S) groups is 1. The van der Waals surface area contributed by atoms with Crippen LogP contribution >= 0.6 is 12.2 Å². The number of ether oxygens (including phenoxy) is 2. The number of hydrogen-bond acceptors (Lipinski definition) is 5. The molecule has 1 amide bonds. The van der Waals surface area contributed by atoms with Crippen LogP contribution in [0.5, 0.6) is 11.5 Å². The van der Waals surface area contributed by atoms with Crippen molar-refractivity contribution >= 4 is 34.6 Å². The summed E-state index contributed by atoms with van der Waals surface area (Å²) in [5.41, 5.74) is 2.51. The fraction of sp³-hybridized carbons (Fsp3) is 0.333. The number of carbonyl (C=O) groups is 1. The topological polar surface area (TPSA) is 62.8 Å². The van der Waals surface area contributed by atoms with Crippen LogP contribution in [0.4, 0.5) is 11.4 Å². The van der Waals surface area contributed by atoms with Gasteiger partial charge in [0.05, 0.1) is 0 Å². The molecule has 0 bridgehead atoms. The van der Waals surface area contributed by atoms with Gasteiger partial charge >= 0.3 is 0 Å². The average Bonchev–Trinajstić information content (AvgIpc) is 3.17. The molecule has 146 valence electrons. The van der Waals surface area contributed by atoms with Crippen molar-refractivity contribution in [1.29, 1.82) is 0 Å². The first-order chi connectivity index (χ1) is 13.6. The third kappa shape index (κ3) is 4.20. The molecule has 0 atom stereocenters. The van der Waals surface area contributed by atoms with Gasteiger partial charge in [0.25, 0.3) is 5.91 Å². The highest BCUT2D eigenvalue weighted by atomic mass is 32.1. The van der Waals surface area contributed by atoms with E-state index in [9.17, 15) is 4.79 Å². The number of rotatable bonds is 3. The normalized spacial score (nSPS) is 16.0. The van der Waals surface area contributed by atoms with Crippen LogP contribution in [-0.4, -0.2) is 30.9 Å². The number of nitrogens with one attached hydrogen (secondary N) is 2. The van der Waals surface area contributed by atoms with Gasteiger partial charge in [0.2, 0.25) is 6.79 Å². The summed E-state index contributed by atoms with van der Waals surface area (Å²) in [6.45, 7) is 4.67. The summed E-state index contributed by atoms with van der Waals surface area (Å²) < 4.78 is 10.6. The average molecular weight is 398 g/mol. The molecule has 1 saturated heterocycles. The summed E-state index contributed by atoms with van der Waals surface area (Å²) in [5.74, 6) is 1.72. The molecule has 2 aliphatic heterocycles. The van der Waals surface area contributed by atoms with E-state index in [0.29, 0.717) is 17.1 Å². The van der Waals surface area contributed by atoms with E-state index in [2.05, 4.69) is 34.6 Å². The van der Waals surface area contributed by atoms with Crippen molar-refractivity contribution in [1.82, 2.24) is 5.32 Å². The molecule has 0 unspecified atom stereocenters. The summed E-state index contributed by atoms with van der Waals surface area (Å²) in [4.78, 5) is 14.8. The molecule has 2 aromatic rings. The summed E-state index contributed by atoms with van der Waals surface area (Å²) in [7, 11) is 0. The molecule has 0 aromatic heterocycles. The quantitative estimate of drug-likeness (QED) is 0.769. The Bertz CT molecular complexity index is 877. The number of amides is 1. The fourth-order valence-corrected chi connectivity index (χ4v) is 3.61. The van der Waals surface area contributed by atoms with Crippen molar-refractivity contribution in [3.63, 3.8) is 0 Å². The van der Waals surface area contributed by atoms with Crippen LogP contribution in [0.3, 0.4) is 0 Å². The van der Waals surface area contributed by atoms with Crippen molar-refractivity contribution in [2.75, 3.05) is 30.1 Å². The first kappa shape index (κ1) is 18.6. The van der Waals surface area contributed by atoms with Gasteiger partial charge in [-0.05, 0) is 73.4 Å². The third-order valence-electron chi connectivity index (χ3n) is 5.14. The second kappa shape index (κ2) is 8.06. The van der Waals surface area contributed by atoms with E-state index in [0.717, 1.165) is 24.7 Å². The van der Waals surface area contributed by atoms with Crippen molar-refractivity contribution in [2.45, 2.75) is 19.8 Å². The molecule has 2 aromatic carbocycles. The number of anilines is 2. The largest absolute Gasteiger partial charge is 0.454 e. The molecule has 0 aliphatic carbocycles. The van der Waals surface area contributed by atoms with E-state index in [1.807, 2.05) is 12.1 Å². The van der Waals surface area contributed by atoms with Gasteiger partial charge in [-0.3, -0.25) is 10.1 Å². The predicted octanol–water partition coefficient (Wildman–Crippen LogP) is 3.78. The standard InChI is InChI=1S/C21H23N3O3S/c1-14-8-10-24(11-9-14)17-5-3-16(4-6-17)22-21(28)23-20(25)15-2-7-18-19(12-15)27-13-26-18/h2-7,12,14H,8-11,13H2,1H3,(H2,22,23,25,28). The molecular formula is C21H23N3O3S. The van der Waals surface area contributed by atoms with Crippen LogP contribution in [-0.2, 0) is 0 Å². The molecule has 1 fully saturated rings. The van der Waals surface area contributed by atoms with Gasteiger partial charge in [-0.1, -0.05) is 6.92 Å². The number of piperidine rings is 1. The second-order valence-electron chi connectivity index (χ2n) is 7.19. The Balaban J connectivity index is 1.32. The molecule has 0 saturated carbocycles. The van der Waals surface area contributed by atoms with Crippen LogP contribution in [0.1, 0.15) is 30.1 Å². The maximum absolute atomic E-state index is 12.4. The van der Waals surface area contributed by atoms with E-state index in [4.69, 9.17) is 21.7 Å². The van der Waals surface area contributed by atoms with Crippen molar-refractivity contribution in [3.05, 3.63) is 48.0 Å². The van der Waals surface area contributed by atoms with Gasteiger partial charge in [0, 0.05) is 30.0 Å². The molecule has 0 radical (unpaired) electrons. The Hall–Kier alpha value is -2.80. The molecular weight excluding hydrogens is 374 g/mol. The second-order valence-corrected chi connectivity index (χ2v) is 7.60. The summed E-state index contributed by atoms with van der Waals surface area (Å²) in [6.07, 6.45) is 2.46. The molecule has 0 spiro atoms. The summed E-state index contributed by atoms with van der Waals surface area (Å²) in [6, 6.07) is 13.2. The highest BCUT2D eigenvalue weighted by molar-refractivity contribution is 7.80. The maximum atomic E-state index is 12.4. The Morgan fingerprint density at radius 1 is 1.07 bits per heavy atom. The maximum Gasteiger partial charge on any atom is 0.257 e. The van der Waals surface area contributed by atoms with Crippen LogP contribution < -0.4 is 25.0 Å². The van der Waals surface area contributed by atoms with Gasteiger partial charge in [-0.2, -0.15) is 0 Å². The Kier molecular flexibility index (Phi) is 5.34. The first-order valence-corrected chi connectivity index (χ1v) is 9.86. The molecule has 6 nitrogen and oxygen atoms in total. The smallest absolute Gasteiger partial charge is 0.257 e. The SMILES string of the molecule is CC1CCN(c2ccc(NC(=S)NC(=O)c3ccc4c(c3)OCO4)cc2)CC1. The predicted molar refractivity (Wildman–Crippen MR) is 113 cm³/mol. The lowest BCUT2D eigenvalue weighted by molar-refractivity contribution is 0.0977. The lowest BCUT2D eigenvalue weighted by atomic mass is 9.99. The molecule has 7 heteroatoms. The van der Waals surface area contributed by atoms with E-state index in [1.165, 1.54) is 18.5 Å². The van der Waals surface area contributed by atoms with E-state index in [-0.39, 0.29) is 17.8 Å². The molecule has 2 aliphatic rings. The lowest BCUT2D eigenvalue weighted by Crippen LogP contribution is -2.34. The zero-order valence-electron chi connectivity index (χ0n) is 15.7. The first-order valence-electron chi connectivity index (χ1n) is 9.45. The molecule has 2 heterocycles. The van der Waals surface area contributed by atoms with Gasteiger partial charge in [-0.15, -0.1) is 0 Å². The Labute approximate surface area is 169 Å². The van der Waals surface area contributed by atoms with Crippen LogP contribution in [0.2, 0.25) is 0 Å². The highest BCUT2D eigenvalue weighted by Gasteiger charge is 2.17. The zero-order valence-corrected chi connectivity index (χ0v) is 16.6. The van der Waals surface area contributed by atoms with E-state index in [1.54, 1.807) is 18.2 Å². The molecule has 28 heavy (non-hydrogen) atoms. The van der Waals surface area contributed by atoms with Gasteiger partial charge in [-0.25, -0.2) is 0 Å². The van der Waals surface area contributed by atoms with E-state index >= 15 is 0 Å². The molecule has 4 rings (SSSR count). The van der Waals surface area contributed by atoms with Crippen LogP contribution in [0, 0.1) is 5.92 Å². The van der Waals surface area contributed by atoms with Gasteiger partial charge in [0.15, 0.2) is 16.6 Å². The number of nitrogens with zero attached hydrogens (tertiary/aromatic N) is 1. The van der Waals surface area contributed by atoms with Crippen molar-refractivity contribution in [2.24, 2.45) is 5.92 Å². The van der Waals surface area contributed by atoms with Gasteiger partial charge in [0.1, 0.15) is 0 Å². The number of benzene rings is 2. The number of fused-ring (bicyclic) bond motifs is 1. The lowest BCUT2D eigenvalue weighted by Gasteiger charge is -2.32. The monoisotopic (exact) mass is 397 g/mol. The summed E-state index contributed by atoms with van der Waals surface area (Å²) >= 11 is 5.27. The Morgan fingerprint density at radius 2 is 1.79 bits per heavy atom. The van der Waals surface area contributed by atoms with Gasteiger partial charge < -0.3 is 19.7 Å². The number of carbonyl (C=O) groups excluding carboxylic acids is 1. The minimum absolute atomic E-state index is 0.173. The molecule has 2 N–H and O–H groups in total. The van der Waals surface area contributed by atoms with Crippen molar-refractivity contribution < 1.29 is 14.3 Å². The summed E-state index contributed by atoms with van der Waals surface area (Å²) in [5, 5.41) is 6.00. The third-order valence-corrected chi connectivity index (χ3v) is 5.34. The van der Waals surface area contributed by atoms with Crippen LogP contribution in [0.15, 0.2) is 42.5 Å². The minimum atomic E-state index is -0.296. The number of hydrogen-bond donors (Lipinski definition) is 2. The zero-order chi connectivity index (χ0) is 19.5. The highest BCUT2D eigenvalue weighted by Crippen LogP contribution is 2.32. The Morgan fingerprint density at radius 3 is 2.54 bits per heavy atom. The van der Waals surface area contributed by atoms with Crippen molar-refractivity contribution in [3.8, 4) is 11.5 Å². The van der Waals surface area contributed by atoms with Crippen LogP contribution in [0.25, 0.3) is 0 Å². The van der Waals surface area contributed by atoms with E-state index < -0.39 is 0 Å². The fourth-order valence-electron chi connectivity index (χ4n) is 3.40.